The fourth-order valence-electron chi connectivity index (χ4n) is 1.80. The number of hydrogen-bond acceptors (Lipinski definition) is 4. The minimum atomic E-state index is -0.575. The maximum atomic E-state index is 13.6. The van der Waals surface area contributed by atoms with Crippen LogP contribution in [0.1, 0.15) is 5.56 Å². The van der Waals surface area contributed by atoms with E-state index < -0.39 is 17.8 Å². The van der Waals surface area contributed by atoms with Crippen LogP contribution in [-0.4, -0.2) is 44.1 Å². The highest BCUT2D eigenvalue weighted by Crippen LogP contribution is 2.18. The van der Waals surface area contributed by atoms with Crippen LogP contribution in [0.3, 0.4) is 0 Å². The molecule has 6 nitrogen and oxygen atoms in total. The maximum absolute atomic E-state index is 13.6. The second-order valence-electron chi connectivity index (χ2n) is 4.69. The monoisotopic (exact) mass is 309 g/mol. The molecule has 22 heavy (non-hydrogen) atoms. The SMILES string of the molecule is C=CCNC(=O)NC(=O)CN(C)Cc1ccc(OC)c(F)c1. The number of urea groups is 1. The number of halogens is 1. The smallest absolute Gasteiger partial charge is 0.321 e. The summed E-state index contributed by atoms with van der Waals surface area (Å²) in [6, 6.07) is 4.02. The highest BCUT2D eigenvalue weighted by molar-refractivity contribution is 5.95. The van der Waals surface area contributed by atoms with Gasteiger partial charge in [0.25, 0.3) is 0 Å². The summed E-state index contributed by atoms with van der Waals surface area (Å²) in [7, 11) is 3.09. The molecule has 3 amide bonds. The van der Waals surface area contributed by atoms with Gasteiger partial charge in [0.1, 0.15) is 0 Å². The Balaban J connectivity index is 2.46. The summed E-state index contributed by atoms with van der Waals surface area (Å²) in [5, 5.41) is 4.62. The van der Waals surface area contributed by atoms with Gasteiger partial charge in [-0.3, -0.25) is 15.0 Å². The fourth-order valence-corrected chi connectivity index (χ4v) is 1.80. The molecule has 0 spiro atoms. The summed E-state index contributed by atoms with van der Waals surface area (Å²) < 4.78 is 18.4. The third kappa shape index (κ3) is 5.92. The van der Waals surface area contributed by atoms with Gasteiger partial charge < -0.3 is 10.1 Å². The number of benzene rings is 1. The van der Waals surface area contributed by atoms with E-state index in [2.05, 4.69) is 17.2 Å². The van der Waals surface area contributed by atoms with Crippen molar-refractivity contribution in [2.45, 2.75) is 6.54 Å². The first-order chi connectivity index (χ1) is 10.5. The fraction of sp³-hybridized carbons (Fsp3) is 0.333. The Hall–Kier alpha value is -2.41. The average Bonchev–Trinajstić information content (AvgIpc) is 2.44. The van der Waals surface area contributed by atoms with Crippen molar-refractivity contribution >= 4 is 11.9 Å². The highest BCUT2D eigenvalue weighted by Gasteiger charge is 2.11. The first kappa shape index (κ1) is 17.6. The van der Waals surface area contributed by atoms with Gasteiger partial charge in [0.2, 0.25) is 5.91 Å². The van der Waals surface area contributed by atoms with Gasteiger partial charge in [0.15, 0.2) is 11.6 Å². The molecule has 2 N–H and O–H groups in total. The number of methoxy groups -OCH3 is 1. The van der Waals surface area contributed by atoms with Crippen molar-refractivity contribution in [2.75, 3.05) is 27.2 Å². The number of amides is 3. The van der Waals surface area contributed by atoms with E-state index in [1.807, 2.05) is 0 Å². The number of likely N-dealkylation sites (N-methyl/N-ethyl adjacent to an activating group) is 1. The molecule has 1 aromatic carbocycles. The molecule has 0 aliphatic heterocycles. The molecule has 0 saturated carbocycles. The summed E-state index contributed by atoms with van der Waals surface area (Å²) in [5.41, 5.74) is 0.699. The number of ether oxygens (including phenoxy) is 1. The zero-order chi connectivity index (χ0) is 16.5. The van der Waals surface area contributed by atoms with Crippen molar-refractivity contribution in [3.05, 3.63) is 42.2 Å². The molecule has 0 aromatic heterocycles. The maximum Gasteiger partial charge on any atom is 0.321 e. The van der Waals surface area contributed by atoms with E-state index in [1.54, 1.807) is 18.0 Å². The number of imide groups is 1. The van der Waals surface area contributed by atoms with Crippen LogP contribution in [0.25, 0.3) is 0 Å². The number of rotatable bonds is 7. The second-order valence-corrected chi connectivity index (χ2v) is 4.69. The van der Waals surface area contributed by atoms with Gasteiger partial charge in [-0.2, -0.15) is 0 Å². The molecule has 0 unspecified atom stereocenters. The molecule has 1 rings (SSSR count). The van der Waals surface area contributed by atoms with Gasteiger partial charge in [-0.1, -0.05) is 12.1 Å². The second kappa shape index (κ2) is 8.78. The summed E-state index contributed by atoms with van der Waals surface area (Å²) in [4.78, 5) is 24.6. The Kier molecular flexibility index (Phi) is 7.04. The molecule has 0 bridgehead atoms. The molecular formula is C15H20FN3O3. The lowest BCUT2D eigenvalue weighted by molar-refractivity contribution is -0.120. The van der Waals surface area contributed by atoms with Gasteiger partial charge in [-0.15, -0.1) is 6.58 Å². The molecule has 0 fully saturated rings. The van der Waals surface area contributed by atoms with Crippen LogP contribution < -0.4 is 15.4 Å². The molecule has 0 heterocycles. The number of carbonyl (C=O) groups excluding carboxylic acids is 2. The largest absolute Gasteiger partial charge is 0.494 e. The average molecular weight is 309 g/mol. The Morgan fingerprint density at radius 3 is 2.77 bits per heavy atom. The number of nitrogens with zero attached hydrogens (tertiary/aromatic N) is 1. The van der Waals surface area contributed by atoms with Crippen LogP contribution in [0.4, 0.5) is 9.18 Å². The van der Waals surface area contributed by atoms with Crippen LogP contribution in [0.5, 0.6) is 5.75 Å². The van der Waals surface area contributed by atoms with Crippen LogP contribution >= 0.6 is 0 Å². The number of hydrogen-bond donors (Lipinski definition) is 2. The zero-order valence-corrected chi connectivity index (χ0v) is 12.7. The Morgan fingerprint density at radius 2 is 2.18 bits per heavy atom. The molecule has 1 aromatic rings. The highest BCUT2D eigenvalue weighted by atomic mass is 19.1. The molecular weight excluding hydrogens is 289 g/mol. The molecule has 0 saturated heterocycles. The topological polar surface area (TPSA) is 70.7 Å². The summed E-state index contributed by atoms with van der Waals surface area (Å²) in [6.45, 7) is 4.10. The molecule has 0 aliphatic rings. The predicted molar refractivity (Wildman–Crippen MR) is 81.0 cm³/mol. The molecule has 0 atom stereocenters. The molecule has 120 valence electrons. The van der Waals surface area contributed by atoms with Gasteiger partial charge in [0, 0.05) is 13.1 Å². The number of carbonyl (C=O) groups is 2. The van der Waals surface area contributed by atoms with Gasteiger partial charge in [-0.05, 0) is 24.7 Å². The minimum Gasteiger partial charge on any atom is -0.494 e. The minimum absolute atomic E-state index is 0.00908. The van der Waals surface area contributed by atoms with Crippen LogP contribution in [0.15, 0.2) is 30.9 Å². The van der Waals surface area contributed by atoms with E-state index >= 15 is 0 Å². The van der Waals surface area contributed by atoms with E-state index in [-0.39, 0.29) is 18.8 Å². The third-order valence-electron chi connectivity index (χ3n) is 2.74. The summed E-state index contributed by atoms with van der Waals surface area (Å²) in [5.74, 6) is -0.734. The lowest BCUT2D eigenvalue weighted by Crippen LogP contribution is -2.43. The van der Waals surface area contributed by atoms with Crippen molar-refractivity contribution in [3.8, 4) is 5.75 Å². The van der Waals surface area contributed by atoms with E-state index in [0.29, 0.717) is 12.1 Å². The normalized spacial score (nSPS) is 10.2. The van der Waals surface area contributed by atoms with Crippen molar-refractivity contribution < 1.29 is 18.7 Å². The molecule has 7 heteroatoms. The Labute approximate surface area is 128 Å². The van der Waals surface area contributed by atoms with Gasteiger partial charge >= 0.3 is 6.03 Å². The van der Waals surface area contributed by atoms with E-state index in [9.17, 15) is 14.0 Å². The lowest BCUT2D eigenvalue weighted by atomic mass is 10.2. The van der Waals surface area contributed by atoms with E-state index in [0.717, 1.165) is 0 Å². The van der Waals surface area contributed by atoms with Crippen LogP contribution in [0.2, 0.25) is 0 Å². The molecule has 0 radical (unpaired) electrons. The van der Waals surface area contributed by atoms with Crippen molar-refractivity contribution in [1.29, 1.82) is 0 Å². The van der Waals surface area contributed by atoms with Gasteiger partial charge in [-0.25, -0.2) is 9.18 Å². The standard InChI is InChI=1S/C15H20FN3O3/c1-4-7-17-15(21)18-14(20)10-19(2)9-11-5-6-13(22-3)12(16)8-11/h4-6,8H,1,7,9-10H2,2-3H3,(H2,17,18,20,21). The summed E-state index contributed by atoms with van der Waals surface area (Å²) in [6.07, 6.45) is 1.51. The van der Waals surface area contributed by atoms with Crippen molar-refractivity contribution in [2.24, 2.45) is 0 Å². The zero-order valence-electron chi connectivity index (χ0n) is 12.7. The van der Waals surface area contributed by atoms with Crippen molar-refractivity contribution in [1.82, 2.24) is 15.5 Å². The van der Waals surface area contributed by atoms with Crippen LogP contribution in [0, 0.1) is 5.82 Å². The quantitative estimate of drug-likeness (QED) is 0.744. The third-order valence-corrected chi connectivity index (χ3v) is 2.74. The lowest BCUT2D eigenvalue weighted by Gasteiger charge is -2.16. The van der Waals surface area contributed by atoms with Crippen molar-refractivity contribution in [3.63, 3.8) is 0 Å². The first-order valence-electron chi connectivity index (χ1n) is 6.65. The predicted octanol–water partition coefficient (Wildman–Crippen LogP) is 1.28. The summed E-state index contributed by atoms with van der Waals surface area (Å²) >= 11 is 0. The number of nitrogens with one attached hydrogen (secondary N) is 2. The van der Waals surface area contributed by atoms with Gasteiger partial charge in [0.05, 0.1) is 13.7 Å². The molecule has 0 aliphatic carbocycles. The first-order valence-corrected chi connectivity index (χ1v) is 6.65. The van der Waals surface area contributed by atoms with E-state index in [4.69, 9.17) is 4.74 Å². The van der Waals surface area contributed by atoms with E-state index in [1.165, 1.54) is 25.3 Å². The Bertz CT molecular complexity index is 549. The van der Waals surface area contributed by atoms with Crippen LogP contribution in [-0.2, 0) is 11.3 Å². The Morgan fingerprint density at radius 1 is 1.45 bits per heavy atom.